The first kappa shape index (κ1) is 20.5. The van der Waals surface area contributed by atoms with E-state index in [2.05, 4.69) is 16.6 Å². The van der Waals surface area contributed by atoms with Gasteiger partial charge in [-0.15, -0.1) is 13.2 Å². The third-order valence-corrected chi connectivity index (χ3v) is 3.18. The maximum atomic E-state index is 12.3. The zero-order valence-electron chi connectivity index (χ0n) is 13.5. The number of hydrogen-bond donors (Lipinski definition) is 2. The van der Waals surface area contributed by atoms with E-state index in [0.29, 0.717) is 5.56 Å². The number of carbonyl (C=O) groups is 2. The van der Waals surface area contributed by atoms with E-state index in [1.54, 1.807) is 0 Å². The SMILES string of the molecule is C=CC(=O)N(C)CC(=O)NC(CCO)c1cccc(OC(F)(F)F)c1. The highest BCUT2D eigenvalue weighted by Gasteiger charge is 2.31. The normalized spacial score (nSPS) is 12.2. The van der Waals surface area contributed by atoms with Crippen molar-refractivity contribution < 1.29 is 32.6 Å². The summed E-state index contributed by atoms with van der Waals surface area (Å²) in [6.45, 7) is 2.75. The van der Waals surface area contributed by atoms with Gasteiger partial charge >= 0.3 is 6.36 Å². The molecule has 2 amide bonds. The molecule has 0 aromatic heterocycles. The zero-order valence-corrected chi connectivity index (χ0v) is 13.5. The summed E-state index contributed by atoms with van der Waals surface area (Å²) in [5.74, 6) is -1.41. The Morgan fingerprint density at radius 3 is 2.68 bits per heavy atom. The fourth-order valence-electron chi connectivity index (χ4n) is 2.07. The van der Waals surface area contributed by atoms with Crippen LogP contribution in [0.3, 0.4) is 0 Å². The van der Waals surface area contributed by atoms with E-state index in [-0.39, 0.29) is 19.6 Å². The van der Waals surface area contributed by atoms with Gasteiger partial charge in [0.15, 0.2) is 0 Å². The van der Waals surface area contributed by atoms with Crippen LogP contribution in [0.2, 0.25) is 0 Å². The molecule has 1 atom stereocenters. The van der Waals surface area contributed by atoms with Crippen molar-refractivity contribution in [2.24, 2.45) is 0 Å². The van der Waals surface area contributed by atoms with Crippen molar-refractivity contribution in [3.8, 4) is 5.75 Å². The summed E-state index contributed by atoms with van der Waals surface area (Å²) in [4.78, 5) is 24.5. The molecule has 0 radical (unpaired) electrons. The van der Waals surface area contributed by atoms with Crippen LogP contribution >= 0.6 is 0 Å². The van der Waals surface area contributed by atoms with Crippen molar-refractivity contribution in [3.05, 3.63) is 42.5 Å². The molecule has 138 valence electrons. The highest BCUT2D eigenvalue weighted by molar-refractivity contribution is 5.90. The number of amides is 2. The molecule has 25 heavy (non-hydrogen) atoms. The Balaban J connectivity index is 2.85. The van der Waals surface area contributed by atoms with Gasteiger partial charge in [0.25, 0.3) is 0 Å². The average molecular weight is 360 g/mol. The molecule has 0 heterocycles. The van der Waals surface area contributed by atoms with Crippen molar-refractivity contribution in [1.29, 1.82) is 0 Å². The van der Waals surface area contributed by atoms with Crippen molar-refractivity contribution >= 4 is 11.8 Å². The van der Waals surface area contributed by atoms with Crippen molar-refractivity contribution in [2.45, 2.75) is 18.8 Å². The van der Waals surface area contributed by atoms with Gasteiger partial charge < -0.3 is 20.1 Å². The predicted molar refractivity (Wildman–Crippen MR) is 83.5 cm³/mol. The number of alkyl halides is 3. The molecular formula is C16H19F3N2O4. The van der Waals surface area contributed by atoms with E-state index in [0.717, 1.165) is 23.1 Å². The number of nitrogens with one attached hydrogen (secondary N) is 1. The molecular weight excluding hydrogens is 341 g/mol. The monoisotopic (exact) mass is 360 g/mol. The summed E-state index contributed by atoms with van der Waals surface area (Å²) >= 11 is 0. The predicted octanol–water partition coefficient (Wildman–Crippen LogP) is 1.77. The summed E-state index contributed by atoms with van der Waals surface area (Å²) < 4.78 is 40.8. The number of ether oxygens (including phenoxy) is 1. The van der Waals surface area contributed by atoms with Crippen LogP contribution in [0.5, 0.6) is 5.75 Å². The summed E-state index contributed by atoms with van der Waals surface area (Å²) in [7, 11) is 1.41. The minimum absolute atomic E-state index is 0.0837. The van der Waals surface area contributed by atoms with E-state index in [4.69, 9.17) is 5.11 Å². The Morgan fingerprint density at radius 1 is 1.44 bits per heavy atom. The van der Waals surface area contributed by atoms with E-state index in [1.807, 2.05) is 0 Å². The molecule has 1 aromatic carbocycles. The largest absolute Gasteiger partial charge is 0.573 e. The maximum Gasteiger partial charge on any atom is 0.573 e. The molecule has 0 saturated heterocycles. The number of aliphatic hydroxyl groups excluding tert-OH is 1. The van der Waals surface area contributed by atoms with Crippen LogP contribution < -0.4 is 10.1 Å². The lowest BCUT2D eigenvalue weighted by atomic mass is 10.0. The lowest BCUT2D eigenvalue weighted by Crippen LogP contribution is -2.39. The fraction of sp³-hybridized carbons (Fsp3) is 0.375. The summed E-state index contributed by atoms with van der Waals surface area (Å²) in [5.41, 5.74) is 0.335. The van der Waals surface area contributed by atoms with Gasteiger partial charge in [0.2, 0.25) is 11.8 Å². The van der Waals surface area contributed by atoms with E-state index in [1.165, 1.54) is 19.2 Å². The number of rotatable bonds is 8. The molecule has 0 fully saturated rings. The number of nitrogens with zero attached hydrogens (tertiary/aromatic N) is 1. The van der Waals surface area contributed by atoms with Crippen LogP contribution in [0.25, 0.3) is 0 Å². The molecule has 0 aliphatic rings. The summed E-state index contributed by atoms with van der Waals surface area (Å²) in [6.07, 6.45) is -3.70. The Labute approximate surface area is 142 Å². The Kier molecular flexibility index (Phi) is 7.43. The molecule has 9 heteroatoms. The maximum absolute atomic E-state index is 12.3. The van der Waals surface area contributed by atoms with Crippen LogP contribution in [0.15, 0.2) is 36.9 Å². The highest BCUT2D eigenvalue weighted by atomic mass is 19.4. The molecule has 0 saturated carbocycles. The van der Waals surface area contributed by atoms with Crippen LogP contribution in [-0.2, 0) is 9.59 Å². The smallest absolute Gasteiger partial charge is 0.406 e. The van der Waals surface area contributed by atoms with E-state index in [9.17, 15) is 22.8 Å². The van der Waals surface area contributed by atoms with Gasteiger partial charge in [-0.2, -0.15) is 0 Å². The molecule has 0 aliphatic carbocycles. The van der Waals surface area contributed by atoms with Crippen LogP contribution in [0.4, 0.5) is 13.2 Å². The van der Waals surface area contributed by atoms with Gasteiger partial charge in [-0.25, -0.2) is 0 Å². The molecule has 2 N–H and O–H groups in total. The van der Waals surface area contributed by atoms with Gasteiger partial charge in [0.1, 0.15) is 5.75 Å². The van der Waals surface area contributed by atoms with Crippen LogP contribution in [0.1, 0.15) is 18.0 Å². The van der Waals surface area contributed by atoms with Crippen molar-refractivity contribution in [1.82, 2.24) is 10.2 Å². The quantitative estimate of drug-likeness (QED) is 0.693. The molecule has 0 aliphatic heterocycles. The lowest BCUT2D eigenvalue weighted by Gasteiger charge is -2.21. The Bertz CT molecular complexity index is 620. The van der Waals surface area contributed by atoms with Gasteiger partial charge in [0, 0.05) is 13.7 Å². The molecule has 1 aromatic rings. The number of carbonyl (C=O) groups excluding carboxylic acids is 2. The number of hydrogen-bond acceptors (Lipinski definition) is 4. The highest BCUT2D eigenvalue weighted by Crippen LogP contribution is 2.26. The minimum atomic E-state index is -4.83. The molecule has 1 unspecified atom stereocenters. The summed E-state index contributed by atoms with van der Waals surface area (Å²) in [6, 6.07) is 4.38. The molecule has 0 bridgehead atoms. The molecule has 6 nitrogen and oxygen atoms in total. The van der Waals surface area contributed by atoms with E-state index >= 15 is 0 Å². The fourth-order valence-corrected chi connectivity index (χ4v) is 2.07. The molecule has 0 spiro atoms. The summed E-state index contributed by atoms with van der Waals surface area (Å²) in [5, 5.41) is 11.7. The standard InChI is InChI=1S/C16H19F3N2O4/c1-3-15(24)21(2)10-14(23)20-13(7-8-22)11-5-4-6-12(9-11)25-16(17,18)19/h3-6,9,13,22H,1,7-8,10H2,2H3,(H,20,23). The minimum Gasteiger partial charge on any atom is -0.406 e. The number of halogens is 3. The second-order valence-corrected chi connectivity index (χ2v) is 5.15. The van der Waals surface area contributed by atoms with E-state index < -0.39 is 30.0 Å². The number of aliphatic hydroxyl groups is 1. The number of benzene rings is 1. The second-order valence-electron chi connectivity index (χ2n) is 5.15. The first-order valence-corrected chi connectivity index (χ1v) is 7.29. The van der Waals surface area contributed by atoms with Gasteiger partial charge in [-0.1, -0.05) is 18.7 Å². The van der Waals surface area contributed by atoms with Gasteiger partial charge in [0.05, 0.1) is 12.6 Å². The topological polar surface area (TPSA) is 78.9 Å². The first-order chi connectivity index (χ1) is 11.7. The van der Waals surface area contributed by atoms with Crippen LogP contribution in [0, 0.1) is 0 Å². The Hall–Kier alpha value is -2.55. The average Bonchev–Trinajstić information content (AvgIpc) is 2.52. The van der Waals surface area contributed by atoms with Gasteiger partial charge in [-0.3, -0.25) is 9.59 Å². The number of likely N-dealkylation sites (N-methyl/N-ethyl adjacent to an activating group) is 1. The third-order valence-electron chi connectivity index (χ3n) is 3.18. The van der Waals surface area contributed by atoms with Crippen molar-refractivity contribution in [2.75, 3.05) is 20.2 Å². The molecule has 1 rings (SSSR count). The van der Waals surface area contributed by atoms with Gasteiger partial charge in [-0.05, 0) is 30.2 Å². The van der Waals surface area contributed by atoms with Crippen molar-refractivity contribution in [3.63, 3.8) is 0 Å². The lowest BCUT2D eigenvalue weighted by molar-refractivity contribution is -0.274. The Morgan fingerprint density at radius 2 is 2.12 bits per heavy atom. The van der Waals surface area contributed by atoms with Crippen LogP contribution in [-0.4, -0.2) is 48.4 Å². The zero-order chi connectivity index (χ0) is 19.0. The third kappa shape index (κ3) is 7.25. The second kappa shape index (κ2) is 9.07. The first-order valence-electron chi connectivity index (χ1n) is 7.29.